The van der Waals surface area contributed by atoms with Crippen molar-refractivity contribution < 1.29 is 28.2 Å². The summed E-state index contributed by atoms with van der Waals surface area (Å²) in [5.74, 6) is -2.75. The van der Waals surface area contributed by atoms with E-state index in [4.69, 9.17) is 9.84 Å². The lowest BCUT2D eigenvalue weighted by atomic mass is 10.1. The Bertz CT molecular complexity index is 795. The van der Waals surface area contributed by atoms with Gasteiger partial charge in [-0.05, 0) is 35.4 Å². The largest absolute Gasteiger partial charge is 0.497 e. The molecule has 7 heteroatoms. The van der Waals surface area contributed by atoms with E-state index in [1.807, 2.05) is 0 Å². The molecule has 0 atom stereocenters. The molecule has 0 bridgehead atoms. The average molecular weight is 363 g/mol. The summed E-state index contributed by atoms with van der Waals surface area (Å²) in [6.07, 6.45) is -0.200. The summed E-state index contributed by atoms with van der Waals surface area (Å²) < 4.78 is 31.6. The number of carboxylic acids is 1. The van der Waals surface area contributed by atoms with E-state index in [0.717, 1.165) is 12.1 Å². The van der Waals surface area contributed by atoms with Crippen LogP contribution in [0.15, 0.2) is 42.5 Å². The second-order valence-electron chi connectivity index (χ2n) is 5.74. The van der Waals surface area contributed by atoms with E-state index in [1.54, 1.807) is 24.3 Å². The molecule has 1 N–H and O–H groups in total. The fraction of sp³-hybridized carbons (Fsp3) is 0.263. The number of methoxy groups -OCH3 is 1. The molecule has 0 heterocycles. The number of carbonyl (C=O) groups is 2. The van der Waals surface area contributed by atoms with Gasteiger partial charge in [-0.1, -0.05) is 18.2 Å². The fourth-order valence-corrected chi connectivity index (χ4v) is 2.45. The number of hydrogen-bond acceptors (Lipinski definition) is 3. The van der Waals surface area contributed by atoms with Gasteiger partial charge in [0.2, 0.25) is 5.91 Å². The number of rotatable bonds is 8. The fourth-order valence-electron chi connectivity index (χ4n) is 2.45. The van der Waals surface area contributed by atoms with Crippen LogP contribution in [0.4, 0.5) is 8.78 Å². The average Bonchev–Trinajstić information content (AvgIpc) is 2.61. The van der Waals surface area contributed by atoms with Crippen LogP contribution in [-0.2, 0) is 22.6 Å². The Hall–Kier alpha value is -2.96. The number of carbonyl (C=O) groups excluding carboxylic acids is 1. The van der Waals surface area contributed by atoms with Crippen molar-refractivity contribution in [1.82, 2.24) is 4.90 Å². The standard InChI is InChI=1S/C19H19F2NO4/c1-26-15-4-2-3-13(9-15)11-18(23)22(8-7-19(24)25)12-14-5-6-16(20)17(21)10-14/h2-6,9-10H,7-8,11-12H2,1H3,(H,24,25). The van der Waals surface area contributed by atoms with E-state index < -0.39 is 17.6 Å². The van der Waals surface area contributed by atoms with Gasteiger partial charge in [-0.15, -0.1) is 0 Å². The van der Waals surface area contributed by atoms with Crippen LogP contribution in [0.3, 0.4) is 0 Å². The van der Waals surface area contributed by atoms with Gasteiger partial charge in [0.15, 0.2) is 11.6 Å². The van der Waals surface area contributed by atoms with Crippen LogP contribution in [0, 0.1) is 11.6 Å². The van der Waals surface area contributed by atoms with E-state index in [1.165, 1.54) is 18.1 Å². The molecule has 2 aromatic carbocycles. The van der Waals surface area contributed by atoms with E-state index in [9.17, 15) is 18.4 Å². The van der Waals surface area contributed by atoms with Gasteiger partial charge in [-0.25, -0.2) is 8.78 Å². The quantitative estimate of drug-likeness (QED) is 0.783. The van der Waals surface area contributed by atoms with Crippen LogP contribution >= 0.6 is 0 Å². The molecular weight excluding hydrogens is 344 g/mol. The Morgan fingerprint density at radius 2 is 1.85 bits per heavy atom. The first-order valence-corrected chi connectivity index (χ1v) is 7.95. The SMILES string of the molecule is COc1cccc(CC(=O)N(CCC(=O)O)Cc2ccc(F)c(F)c2)c1. The maximum absolute atomic E-state index is 13.4. The predicted molar refractivity (Wildman–Crippen MR) is 90.7 cm³/mol. The van der Waals surface area contributed by atoms with Gasteiger partial charge in [0.05, 0.1) is 20.0 Å². The molecule has 1 amide bonds. The summed E-state index contributed by atoms with van der Waals surface area (Å²) in [5.41, 5.74) is 1.09. The minimum Gasteiger partial charge on any atom is -0.497 e. The van der Waals surface area contributed by atoms with Crippen molar-refractivity contribution in [3.63, 3.8) is 0 Å². The molecule has 0 aliphatic heterocycles. The van der Waals surface area contributed by atoms with E-state index in [2.05, 4.69) is 0 Å². The van der Waals surface area contributed by atoms with Crippen LogP contribution in [0.1, 0.15) is 17.5 Å². The zero-order chi connectivity index (χ0) is 19.1. The number of hydrogen-bond donors (Lipinski definition) is 1. The molecular formula is C19H19F2NO4. The van der Waals surface area contributed by atoms with Gasteiger partial charge < -0.3 is 14.7 Å². The van der Waals surface area contributed by atoms with Crippen molar-refractivity contribution in [3.05, 3.63) is 65.2 Å². The van der Waals surface area contributed by atoms with Gasteiger partial charge in [0.1, 0.15) is 5.75 Å². The van der Waals surface area contributed by atoms with Crippen LogP contribution in [-0.4, -0.2) is 35.5 Å². The van der Waals surface area contributed by atoms with Crippen molar-refractivity contribution in [1.29, 1.82) is 0 Å². The number of aliphatic carboxylic acids is 1. The number of carboxylic acid groups (broad SMARTS) is 1. The maximum Gasteiger partial charge on any atom is 0.305 e. The van der Waals surface area contributed by atoms with Crippen molar-refractivity contribution in [2.24, 2.45) is 0 Å². The second kappa shape index (κ2) is 8.94. The Morgan fingerprint density at radius 1 is 1.08 bits per heavy atom. The first-order chi connectivity index (χ1) is 12.4. The number of amides is 1. The molecule has 0 radical (unpaired) electrons. The van der Waals surface area contributed by atoms with E-state index >= 15 is 0 Å². The lowest BCUT2D eigenvalue weighted by molar-refractivity contribution is -0.138. The number of ether oxygens (including phenoxy) is 1. The molecule has 0 aliphatic carbocycles. The first kappa shape index (κ1) is 19.4. The molecule has 0 saturated carbocycles. The van der Waals surface area contributed by atoms with Crippen molar-refractivity contribution in [3.8, 4) is 5.75 Å². The minimum absolute atomic E-state index is 0.00666. The second-order valence-corrected chi connectivity index (χ2v) is 5.74. The molecule has 0 unspecified atom stereocenters. The summed E-state index contributed by atoms with van der Waals surface area (Å²) in [6, 6.07) is 10.3. The Balaban J connectivity index is 2.14. The Kier molecular flexibility index (Phi) is 6.66. The van der Waals surface area contributed by atoms with Gasteiger partial charge in [-0.2, -0.15) is 0 Å². The number of halogens is 2. The zero-order valence-electron chi connectivity index (χ0n) is 14.2. The van der Waals surface area contributed by atoms with Crippen molar-refractivity contribution in [2.75, 3.05) is 13.7 Å². The summed E-state index contributed by atoms with van der Waals surface area (Å²) in [5, 5.41) is 8.88. The molecule has 2 aromatic rings. The molecule has 138 valence electrons. The summed E-state index contributed by atoms with van der Waals surface area (Å²) in [6.45, 7) is -0.0373. The Labute approximate surface area is 149 Å². The normalized spacial score (nSPS) is 10.4. The van der Waals surface area contributed by atoms with Crippen molar-refractivity contribution in [2.45, 2.75) is 19.4 Å². The van der Waals surface area contributed by atoms with Crippen LogP contribution in [0.25, 0.3) is 0 Å². The first-order valence-electron chi connectivity index (χ1n) is 7.95. The topological polar surface area (TPSA) is 66.8 Å². The van der Waals surface area contributed by atoms with Gasteiger partial charge in [0.25, 0.3) is 0 Å². The smallest absolute Gasteiger partial charge is 0.305 e. The third-order valence-electron chi connectivity index (χ3n) is 3.80. The third kappa shape index (κ3) is 5.54. The summed E-state index contributed by atoms with van der Waals surface area (Å²) >= 11 is 0. The highest BCUT2D eigenvalue weighted by Crippen LogP contribution is 2.16. The maximum atomic E-state index is 13.4. The summed E-state index contributed by atoms with van der Waals surface area (Å²) in [4.78, 5) is 24.8. The van der Waals surface area contributed by atoms with Gasteiger partial charge >= 0.3 is 5.97 Å². The molecule has 2 rings (SSSR count). The van der Waals surface area contributed by atoms with Crippen LogP contribution in [0.5, 0.6) is 5.75 Å². The highest BCUT2D eigenvalue weighted by molar-refractivity contribution is 5.79. The molecule has 5 nitrogen and oxygen atoms in total. The third-order valence-corrected chi connectivity index (χ3v) is 3.80. The number of benzene rings is 2. The highest BCUT2D eigenvalue weighted by atomic mass is 19.2. The van der Waals surface area contributed by atoms with Crippen LogP contribution < -0.4 is 4.74 Å². The monoisotopic (exact) mass is 363 g/mol. The lowest BCUT2D eigenvalue weighted by Gasteiger charge is -2.22. The zero-order valence-corrected chi connectivity index (χ0v) is 14.2. The van der Waals surface area contributed by atoms with E-state index in [-0.39, 0.29) is 31.8 Å². The van der Waals surface area contributed by atoms with Gasteiger partial charge in [-0.3, -0.25) is 9.59 Å². The van der Waals surface area contributed by atoms with Crippen molar-refractivity contribution >= 4 is 11.9 Å². The molecule has 0 fully saturated rings. The predicted octanol–water partition coefficient (Wildman–Crippen LogP) is 3.02. The molecule has 0 aliphatic rings. The molecule has 0 spiro atoms. The summed E-state index contributed by atoms with van der Waals surface area (Å²) in [7, 11) is 1.52. The molecule has 0 aromatic heterocycles. The van der Waals surface area contributed by atoms with Crippen LogP contribution in [0.2, 0.25) is 0 Å². The molecule has 26 heavy (non-hydrogen) atoms. The lowest BCUT2D eigenvalue weighted by Crippen LogP contribution is -2.33. The molecule has 0 saturated heterocycles. The minimum atomic E-state index is -1.05. The number of nitrogens with zero attached hydrogens (tertiary/aromatic N) is 1. The Morgan fingerprint density at radius 3 is 2.50 bits per heavy atom. The highest BCUT2D eigenvalue weighted by Gasteiger charge is 2.17. The van der Waals surface area contributed by atoms with E-state index in [0.29, 0.717) is 16.9 Å². The van der Waals surface area contributed by atoms with Gasteiger partial charge in [0, 0.05) is 13.1 Å².